The van der Waals surface area contributed by atoms with Crippen molar-refractivity contribution in [3.8, 4) is 5.75 Å². The van der Waals surface area contributed by atoms with Crippen LogP contribution in [-0.4, -0.2) is 36.7 Å². The maximum absolute atomic E-state index is 13.7. The van der Waals surface area contributed by atoms with Crippen LogP contribution in [0.2, 0.25) is 0 Å². The third kappa shape index (κ3) is 3.60. The van der Waals surface area contributed by atoms with Crippen LogP contribution in [0.3, 0.4) is 0 Å². The second-order valence-corrected chi connectivity index (χ2v) is 5.30. The van der Waals surface area contributed by atoms with Gasteiger partial charge in [-0.15, -0.1) is 0 Å². The lowest BCUT2D eigenvalue weighted by atomic mass is 10.2. The molecule has 19 heavy (non-hydrogen) atoms. The smallest absolute Gasteiger partial charge is 0.167 e. The zero-order chi connectivity index (χ0) is 13.8. The zero-order valence-electron chi connectivity index (χ0n) is 11.9. The third-order valence-corrected chi connectivity index (χ3v) is 3.55. The molecule has 2 rings (SSSR count). The molecule has 0 aromatic heterocycles. The van der Waals surface area contributed by atoms with Crippen LogP contribution in [0.25, 0.3) is 0 Å². The first-order valence-electron chi connectivity index (χ1n) is 7.03. The summed E-state index contributed by atoms with van der Waals surface area (Å²) < 4.78 is 18.9. The Morgan fingerprint density at radius 2 is 2.26 bits per heavy atom. The second kappa shape index (κ2) is 6.24. The summed E-state index contributed by atoms with van der Waals surface area (Å²) in [4.78, 5) is 2.43. The molecule has 0 bridgehead atoms. The van der Waals surface area contributed by atoms with Crippen molar-refractivity contribution < 1.29 is 9.13 Å². The van der Waals surface area contributed by atoms with Crippen LogP contribution < -0.4 is 10.1 Å². The highest BCUT2D eigenvalue weighted by Crippen LogP contribution is 2.23. The summed E-state index contributed by atoms with van der Waals surface area (Å²) in [6, 6.07) is 6.06. The summed E-state index contributed by atoms with van der Waals surface area (Å²) in [6.45, 7) is 8.87. The van der Waals surface area contributed by atoms with E-state index < -0.39 is 0 Å². The van der Waals surface area contributed by atoms with Crippen molar-refractivity contribution in [2.24, 2.45) is 0 Å². The Bertz CT molecular complexity index is 423. The fourth-order valence-electron chi connectivity index (χ4n) is 2.47. The largest absolute Gasteiger partial charge is 0.491 e. The Kier molecular flexibility index (Phi) is 4.64. The molecular formula is C15H23FN2O. The first-order valence-corrected chi connectivity index (χ1v) is 7.03. The molecule has 106 valence electrons. The molecule has 1 saturated heterocycles. The molecule has 1 unspecified atom stereocenters. The first kappa shape index (κ1) is 14.1. The van der Waals surface area contributed by atoms with Gasteiger partial charge in [0.15, 0.2) is 11.6 Å². The lowest BCUT2D eigenvalue weighted by Crippen LogP contribution is -2.31. The van der Waals surface area contributed by atoms with Crippen molar-refractivity contribution in [1.82, 2.24) is 4.90 Å². The molecule has 4 heteroatoms. The number of ether oxygens (including phenoxy) is 1. The topological polar surface area (TPSA) is 24.5 Å². The lowest BCUT2D eigenvalue weighted by molar-refractivity contribution is 0.274. The van der Waals surface area contributed by atoms with Gasteiger partial charge in [-0.25, -0.2) is 4.39 Å². The standard InChI is InChI=1S/C15H23FN2O/c1-4-19-15-6-5-12(9-14(15)16)17-13-7-8-18(10-13)11(2)3/h5-6,9,11,13,17H,4,7-8,10H2,1-3H3. The van der Waals surface area contributed by atoms with E-state index in [0.717, 1.165) is 25.2 Å². The van der Waals surface area contributed by atoms with Crippen LogP contribution in [0.1, 0.15) is 27.2 Å². The average Bonchev–Trinajstić information content (AvgIpc) is 2.81. The minimum absolute atomic E-state index is 0.300. The molecule has 1 fully saturated rings. The number of benzene rings is 1. The van der Waals surface area contributed by atoms with E-state index in [9.17, 15) is 4.39 Å². The summed E-state index contributed by atoms with van der Waals surface area (Å²) in [6.07, 6.45) is 1.10. The summed E-state index contributed by atoms with van der Waals surface area (Å²) >= 11 is 0. The predicted molar refractivity (Wildman–Crippen MR) is 76.3 cm³/mol. The van der Waals surface area contributed by atoms with Gasteiger partial charge in [0.1, 0.15) is 0 Å². The summed E-state index contributed by atoms with van der Waals surface area (Å²) in [5, 5.41) is 3.40. The predicted octanol–water partition coefficient (Wildman–Crippen LogP) is 3.12. The van der Waals surface area contributed by atoms with Crippen molar-refractivity contribution in [3.63, 3.8) is 0 Å². The van der Waals surface area contributed by atoms with Gasteiger partial charge in [-0.1, -0.05) is 0 Å². The summed E-state index contributed by atoms with van der Waals surface area (Å²) in [5.41, 5.74) is 0.830. The van der Waals surface area contributed by atoms with Crippen molar-refractivity contribution >= 4 is 5.69 Å². The molecule has 1 aromatic rings. The van der Waals surface area contributed by atoms with Gasteiger partial charge in [0, 0.05) is 36.9 Å². The summed E-state index contributed by atoms with van der Waals surface area (Å²) in [5.74, 6) is 0.0221. The molecule has 1 aromatic carbocycles. The Morgan fingerprint density at radius 1 is 1.47 bits per heavy atom. The van der Waals surface area contributed by atoms with Crippen molar-refractivity contribution in [1.29, 1.82) is 0 Å². The molecule has 3 nitrogen and oxygen atoms in total. The average molecular weight is 266 g/mol. The Balaban J connectivity index is 1.95. The van der Waals surface area contributed by atoms with Gasteiger partial charge in [-0.2, -0.15) is 0 Å². The van der Waals surface area contributed by atoms with Gasteiger partial charge in [0.2, 0.25) is 0 Å². The second-order valence-electron chi connectivity index (χ2n) is 5.30. The minimum Gasteiger partial charge on any atom is -0.491 e. The van der Waals surface area contributed by atoms with E-state index in [1.807, 2.05) is 13.0 Å². The van der Waals surface area contributed by atoms with E-state index in [1.54, 1.807) is 6.07 Å². The number of nitrogens with zero attached hydrogens (tertiary/aromatic N) is 1. The van der Waals surface area contributed by atoms with Crippen LogP contribution in [0.4, 0.5) is 10.1 Å². The number of anilines is 1. The van der Waals surface area contributed by atoms with E-state index in [1.165, 1.54) is 6.07 Å². The number of halogens is 1. The monoisotopic (exact) mass is 266 g/mol. The quantitative estimate of drug-likeness (QED) is 0.886. The zero-order valence-corrected chi connectivity index (χ0v) is 11.9. The van der Waals surface area contributed by atoms with Gasteiger partial charge in [-0.3, -0.25) is 4.90 Å². The third-order valence-electron chi connectivity index (χ3n) is 3.55. The van der Waals surface area contributed by atoms with Crippen molar-refractivity contribution in [3.05, 3.63) is 24.0 Å². The Hall–Kier alpha value is -1.29. The van der Waals surface area contributed by atoms with Crippen molar-refractivity contribution in [2.45, 2.75) is 39.3 Å². The number of hydrogen-bond acceptors (Lipinski definition) is 3. The summed E-state index contributed by atoms with van der Waals surface area (Å²) in [7, 11) is 0. The first-order chi connectivity index (χ1) is 9.10. The lowest BCUT2D eigenvalue weighted by Gasteiger charge is -2.21. The molecular weight excluding hydrogens is 243 g/mol. The molecule has 0 spiro atoms. The highest BCUT2D eigenvalue weighted by molar-refractivity contribution is 5.48. The molecule has 1 N–H and O–H groups in total. The van der Waals surface area contributed by atoms with E-state index in [-0.39, 0.29) is 5.82 Å². The number of hydrogen-bond donors (Lipinski definition) is 1. The normalized spacial score (nSPS) is 19.9. The van der Waals surface area contributed by atoms with Crippen LogP contribution in [-0.2, 0) is 0 Å². The van der Waals surface area contributed by atoms with E-state index in [0.29, 0.717) is 24.4 Å². The van der Waals surface area contributed by atoms with Gasteiger partial charge in [0.25, 0.3) is 0 Å². The number of rotatable bonds is 5. The van der Waals surface area contributed by atoms with Gasteiger partial charge < -0.3 is 10.1 Å². The molecule has 0 amide bonds. The molecule has 0 radical (unpaired) electrons. The van der Waals surface area contributed by atoms with Gasteiger partial charge >= 0.3 is 0 Å². The Morgan fingerprint density at radius 3 is 2.84 bits per heavy atom. The van der Waals surface area contributed by atoms with Gasteiger partial charge in [0.05, 0.1) is 6.61 Å². The number of nitrogens with one attached hydrogen (secondary N) is 1. The maximum Gasteiger partial charge on any atom is 0.167 e. The van der Waals surface area contributed by atoms with E-state index in [4.69, 9.17) is 4.74 Å². The molecule has 1 heterocycles. The number of likely N-dealkylation sites (tertiary alicyclic amines) is 1. The van der Waals surface area contributed by atoms with Crippen LogP contribution >= 0.6 is 0 Å². The van der Waals surface area contributed by atoms with Gasteiger partial charge in [-0.05, 0) is 39.3 Å². The fourth-order valence-corrected chi connectivity index (χ4v) is 2.47. The van der Waals surface area contributed by atoms with Crippen LogP contribution in [0.15, 0.2) is 18.2 Å². The SMILES string of the molecule is CCOc1ccc(NC2CCN(C(C)C)C2)cc1F. The molecule has 1 atom stereocenters. The minimum atomic E-state index is -0.300. The molecule has 1 aliphatic heterocycles. The highest BCUT2D eigenvalue weighted by atomic mass is 19.1. The van der Waals surface area contributed by atoms with Crippen molar-refractivity contribution in [2.75, 3.05) is 25.0 Å². The van der Waals surface area contributed by atoms with Crippen LogP contribution in [0.5, 0.6) is 5.75 Å². The molecule has 1 aliphatic rings. The van der Waals surface area contributed by atoms with E-state index in [2.05, 4.69) is 24.1 Å². The fraction of sp³-hybridized carbons (Fsp3) is 0.600. The molecule has 0 aliphatic carbocycles. The van der Waals surface area contributed by atoms with Crippen LogP contribution in [0, 0.1) is 5.82 Å². The van der Waals surface area contributed by atoms with E-state index >= 15 is 0 Å². The Labute approximate surface area is 114 Å². The maximum atomic E-state index is 13.7. The molecule has 0 saturated carbocycles. The highest BCUT2D eigenvalue weighted by Gasteiger charge is 2.24.